The molecule has 15 aromatic carbocycles. The number of aromatic nitrogens is 3. The molecule has 3 aromatic heterocycles. The zero-order valence-corrected chi connectivity index (χ0v) is 52.3. The van der Waals surface area contributed by atoms with E-state index in [0.29, 0.717) is 0 Å². The maximum absolute atomic E-state index is 2.63. The zero-order valence-electron chi connectivity index (χ0n) is 52.3. The SMILES string of the molecule is c1ccc(-c2ccc3c(c2)B2c4cc(-c5ccccc5)ccc4N(c4ccccc4-n4c5ccccc5c5ccccc54)c4cc(-n5c6cc(-c7ccccc7)ccc6c6ccc(-c7ccccc7)cc65)cc(c42)N3c2ccccc2-n2c3ccccc3c3ccccc32)cc1. The molecule has 5 heterocycles. The summed E-state index contributed by atoms with van der Waals surface area (Å²) in [4.78, 5) is 5.26. The van der Waals surface area contributed by atoms with Crippen LogP contribution in [0.2, 0.25) is 0 Å². The predicted molar refractivity (Wildman–Crippen MR) is 405 cm³/mol. The van der Waals surface area contributed by atoms with Gasteiger partial charge in [-0.2, -0.15) is 0 Å². The molecule has 0 saturated heterocycles. The van der Waals surface area contributed by atoms with E-state index in [0.717, 1.165) is 95.4 Å². The molecule has 20 rings (SSSR count). The highest BCUT2D eigenvalue weighted by molar-refractivity contribution is 7.00. The number of fused-ring (bicyclic) bond motifs is 13. The lowest BCUT2D eigenvalue weighted by Crippen LogP contribution is -2.61. The molecule has 2 aliphatic heterocycles. The van der Waals surface area contributed by atoms with Crippen molar-refractivity contribution in [2.75, 3.05) is 9.80 Å². The highest BCUT2D eigenvalue weighted by Crippen LogP contribution is 2.51. The molecule has 0 spiro atoms. The summed E-state index contributed by atoms with van der Waals surface area (Å²) < 4.78 is 7.57. The van der Waals surface area contributed by atoms with Gasteiger partial charge in [-0.25, -0.2) is 0 Å². The van der Waals surface area contributed by atoms with Crippen molar-refractivity contribution in [3.63, 3.8) is 0 Å². The van der Waals surface area contributed by atoms with E-state index >= 15 is 0 Å². The van der Waals surface area contributed by atoms with Crippen LogP contribution >= 0.6 is 0 Å². The highest BCUT2D eigenvalue weighted by atomic mass is 15.2. The summed E-state index contributed by atoms with van der Waals surface area (Å²) in [5.41, 5.74) is 29.7. The zero-order chi connectivity index (χ0) is 63.0. The maximum atomic E-state index is 2.63. The summed E-state index contributed by atoms with van der Waals surface area (Å²) in [6.45, 7) is -0.234. The Balaban J connectivity index is 0.962. The van der Waals surface area contributed by atoms with Crippen LogP contribution in [0.3, 0.4) is 0 Å². The fourth-order valence-electron chi connectivity index (χ4n) is 16.2. The average Bonchev–Trinajstić information content (AvgIpc) is 0.786. The molecule has 0 atom stereocenters. The molecule has 0 saturated carbocycles. The molecule has 18 aromatic rings. The van der Waals surface area contributed by atoms with Crippen LogP contribution in [-0.4, -0.2) is 20.4 Å². The molecule has 96 heavy (non-hydrogen) atoms. The van der Waals surface area contributed by atoms with E-state index in [4.69, 9.17) is 0 Å². The van der Waals surface area contributed by atoms with Gasteiger partial charge >= 0.3 is 0 Å². The molecule has 0 unspecified atom stereocenters. The van der Waals surface area contributed by atoms with Crippen molar-refractivity contribution in [3.05, 3.63) is 352 Å². The first-order chi connectivity index (χ1) is 47.7. The minimum Gasteiger partial charge on any atom is -0.309 e. The Morgan fingerprint density at radius 3 is 0.833 bits per heavy atom. The molecule has 2 aliphatic rings. The first-order valence-electron chi connectivity index (χ1n) is 33.2. The van der Waals surface area contributed by atoms with Crippen molar-refractivity contribution >= 4 is 123 Å². The minimum absolute atomic E-state index is 0.234. The lowest BCUT2D eigenvalue weighted by Gasteiger charge is -2.45. The summed E-state index contributed by atoms with van der Waals surface area (Å²) in [6.07, 6.45) is 0. The number of anilines is 6. The third-order valence-corrected chi connectivity index (χ3v) is 20.4. The molecular weight excluding hydrogens is 1160 g/mol. The largest absolute Gasteiger partial charge is 0.309 e. The number of hydrogen-bond acceptors (Lipinski definition) is 2. The number of rotatable bonds is 9. The Kier molecular flexibility index (Phi) is 12.1. The van der Waals surface area contributed by atoms with Crippen LogP contribution in [0.4, 0.5) is 34.1 Å². The van der Waals surface area contributed by atoms with Gasteiger partial charge in [-0.3, -0.25) is 0 Å². The Morgan fingerprint density at radius 2 is 0.469 bits per heavy atom. The first-order valence-corrected chi connectivity index (χ1v) is 33.2. The van der Waals surface area contributed by atoms with Crippen molar-refractivity contribution in [1.82, 2.24) is 13.7 Å². The molecule has 0 fully saturated rings. The molecule has 6 heteroatoms. The Bertz CT molecular complexity index is 5690. The third-order valence-electron chi connectivity index (χ3n) is 20.4. The molecule has 5 nitrogen and oxygen atoms in total. The summed E-state index contributed by atoms with van der Waals surface area (Å²) in [5.74, 6) is 0. The normalized spacial score (nSPS) is 12.5. The predicted octanol–water partition coefficient (Wildman–Crippen LogP) is 21.7. The second-order valence-electron chi connectivity index (χ2n) is 25.5. The summed E-state index contributed by atoms with van der Waals surface area (Å²) in [5, 5.41) is 7.24. The maximum Gasteiger partial charge on any atom is 0.252 e. The van der Waals surface area contributed by atoms with Gasteiger partial charge in [0.15, 0.2) is 0 Å². The van der Waals surface area contributed by atoms with E-state index in [2.05, 4.69) is 375 Å². The molecular formula is C90H58BN5. The van der Waals surface area contributed by atoms with Crippen LogP contribution in [-0.2, 0) is 0 Å². The summed E-state index contributed by atoms with van der Waals surface area (Å²) in [7, 11) is 0. The lowest BCUT2D eigenvalue weighted by molar-refractivity contribution is 1.13. The van der Waals surface area contributed by atoms with Gasteiger partial charge < -0.3 is 23.5 Å². The fourth-order valence-corrected chi connectivity index (χ4v) is 16.2. The van der Waals surface area contributed by atoms with E-state index in [1.54, 1.807) is 0 Å². The fraction of sp³-hybridized carbons (Fsp3) is 0. The number of hydrogen-bond donors (Lipinski definition) is 0. The van der Waals surface area contributed by atoms with Crippen LogP contribution in [0.1, 0.15) is 0 Å². The van der Waals surface area contributed by atoms with Gasteiger partial charge in [0, 0.05) is 55.1 Å². The van der Waals surface area contributed by atoms with Crippen LogP contribution in [0.15, 0.2) is 352 Å². The van der Waals surface area contributed by atoms with Gasteiger partial charge in [-0.15, -0.1) is 0 Å². The van der Waals surface area contributed by atoms with Gasteiger partial charge in [0.1, 0.15) is 0 Å². The summed E-state index contributed by atoms with van der Waals surface area (Å²) in [6, 6.07) is 131. The Morgan fingerprint density at radius 1 is 0.177 bits per heavy atom. The van der Waals surface area contributed by atoms with Gasteiger partial charge in [0.2, 0.25) is 0 Å². The average molecular weight is 1220 g/mol. The summed E-state index contributed by atoms with van der Waals surface area (Å²) >= 11 is 0. The Labute approximate surface area is 556 Å². The molecule has 0 aliphatic carbocycles. The quantitative estimate of drug-likeness (QED) is 0.134. The van der Waals surface area contributed by atoms with E-state index in [9.17, 15) is 0 Å². The highest BCUT2D eigenvalue weighted by Gasteiger charge is 2.45. The van der Waals surface area contributed by atoms with Crippen molar-refractivity contribution in [2.45, 2.75) is 0 Å². The third kappa shape index (κ3) is 8.19. The van der Waals surface area contributed by atoms with Gasteiger partial charge in [-0.05, 0) is 146 Å². The topological polar surface area (TPSA) is 21.3 Å². The molecule has 0 amide bonds. The van der Waals surface area contributed by atoms with E-state index in [-0.39, 0.29) is 6.71 Å². The van der Waals surface area contributed by atoms with Gasteiger partial charge in [0.05, 0.1) is 61.5 Å². The van der Waals surface area contributed by atoms with Crippen LogP contribution in [0.25, 0.3) is 127 Å². The van der Waals surface area contributed by atoms with Crippen molar-refractivity contribution in [3.8, 4) is 61.6 Å². The van der Waals surface area contributed by atoms with Crippen LogP contribution in [0.5, 0.6) is 0 Å². The van der Waals surface area contributed by atoms with Crippen LogP contribution < -0.4 is 26.2 Å². The standard InChI is InChI=1S/C90H58BN5/c1-5-25-59(26-6-1)63-47-51-80-74(53-63)91-75-54-64(60-27-7-2-8-28-60)48-52-81(75)96(85-44-24-22-42-83(85)94-78-39-19-15-35-70(78)71-36-16-20-40-79(71)94)89-58-67(57-88(90(89)91)95(80)84-43-23-21-41-82(84)93-76-37-17-13-33-68(76)69-34-14-18-38-77(69)93)92-86-55-65(61-29-9-3-10-30-61)45-49-72(86)73-50-46-66(56-87(73)92)62-31-11-4-12-32-62/h1-58H. The lowest BCUT2D eigenvalue weighted by atomic mass is 9.33. The smallest absolute Gasteiger partial charge is 0.252 e. The van der Waals surface area contributed by atoms with Crippen molar-refractivity contribution in [2.24, 2.45) is 0 Å². The number of benzene rings is 15. The van der Waals surface area contributed by atoms with Crippen molar-refractivity contribution in [1.29, 1.82) is 0 Å². The molecule has 0 bridgehead atoms. The van der Waals surface area contributed by atoms with E-state index in [1.165, 1.54) is 82.1 Å². The van der Waals surface area contributed by atoms with Crippen molar-refractivity contribution < 1.29 is 0 Å². The number of para-hydroxylation sites is 8. The second-order valence-corrected chi connectivity index (χ2v) is 25.5. The first kappa shape index (κ1) is 54.0. The molecule has 446 valence electrons. The van der Waals surface area contributed by atoms with Gasteiger partial charge in [-0.1, -0.05) is 267 Å². The molecule has 0 N–H and O–H groups in total. The molecule has 0 radical (unpaired) electrons. The second kappa shape index (κ2) is 21.5. The van der Waals surface area contributed by atoms with E-state index < -0.39 is 0 Å². The van der Waals surface area contributed by atoms with E-state index in [1.807, 2.05) is 0 Å². The minimum atomic E-state index is -0.234. The monoisotopic (exact) mass is 1220 g/mol. The van der Waals surface area contributed by atoms with Crippen LogP contribution in [0, 0.1) is 0 Å². The Hall–Kier alpha value is -12.6. The number of nitrogens with zero attached hydrogens (tertiary/aromatic N) is 5. The van der Waals surface area contributed by atoms with Gasteiger partial charge in [0.25, 0.3) is 6.71 Å².